The number of nitro groups is 1. The summed E-state index contributed by atoms with van der Waals surface area (Å²) in [6.07, 6.45) is 2.53. The summed E-state index contributed by atoms with van der Waals surface area (Å²) in [4.78, 5) is 28.3. The smallest absolute Gasteiger partial charge is 0.311 e. The molecule has 1 aromatic heterocycles. The zero-order valence-electron chi connectivity index (χ0n) is 11.5. The van der Waals surface area contributed by atoms with E-state index in [1.165, 1.54) is 26.2 Å². The summed E-state index contributed by atoms with van der Waals surface area (Å²) >= 11 is 0. The fourth-order valence-corrected chi connectivity index (χ4v) is 2.50. The van der Waals surface area contributed by atoms with Crippen molar-refractivity contribution in [3.05, 3.63) is 22.2 Å². The summed E-state index contributed by atoms with van der Waals surface area (Å²) in [5.74, 6) is 0.524. The van der Waals surface area contributed by atoms with E-state index in [0.717, 1.165) is 12.8 Å². The zero-order valence-corrected chi connectivity index (χ0v) is 11.5. The lowest BCUT2D eigenvalue weighted by molar-refractivity contribution is -0.384. The van der Waals surface area contributed by atoms with Gasteiger partial charge in [0.15, 0.2) is 5.78 Å². The molecule has 1 atom stereocenters. The Morgan fingerprint density at radius 3 is 2.85 bits per heavy atom. The second kappa shape index (κ2) is 5.85. The van der Waals surface area contributed by atoms with Crippen LogP contribution in [0.3, 0.4) is 0 Å². The van der Waals surface area contributed by atoms with Crippen molar-refractivity contribution in [2.24, 2.45) is 0 Å². The third-order valence-electron chi connectivity index (χ3n) is 3.48. The number of rotatable bonds is 4. The van der Waals surface area contributed by atoms with E-state index < -0.39 is 4.92 Å². The molecule has 0 aromatic carbocycles. The molecule has 7 nitrogen and oxygen atoms in total. The molecule has 2 heterocycles. The minimum absolute atomic E-state index is 0.00335. The number of anilines is 1. The van der Waals surface area contributed by atoms with Crippen LogP contribution in [0.1, 0.15) is 26.2 Å². The van der Waals surface area contributed by atoms with E-state index in [2.05, 4.69) is 4.98 Å². The molecular weight excluding hydrogens is 262 g/mol. The second-order valence-corrected chi connectivity index (χ2v) is 4.77. The molecule has 1 unspecified atom stereocenters. The molecule has 2 rings (SSSR count). The monoisotopic (exact) mass is 279 g/mol. The van der Waals surface area contributed by atoms with Crippen molar-refractivity contribution < 1.29 is 14.5 Å². The van der Waals surface area contributed by atoms with Gasteiger partial charge in [-0.1, -0.05) is 0 Å². The SMILES string of the molecule is COc1ccc([N+](=O)[O-])c(N2CCCCC2C(C)=O)n1. The highest BCUT2D eigenvalue weighted by molar-refractivity contribution is 5.85. The third kappa shape index (κ3) is 2.71. The number of piperidine rings is 1. The number of ketones is 1. The van der Waals surface area contributed by atoms with Crippen molar-refractivity contribution in [1.29, 1.82) is 0 Å². The van der Waals surface area contributed by atoms with E-state index in [1.54, 1.807) is 4.90 Å². The van der Waals surface area contributed by atoms with Crippen molar-refractivity contribution >= 4 is 17.3 Å². The van der Waals surface area contributed by atoms with Gasteiger partial charge in [0.1, 0.15) is 0 Å². The minimum Gasteiger partial charge on any atom is -0.481 e. The van der Waals surface area contributed by atoms with Crippen LogP contribution in [0.5, 0.6) is 5.88 Å². The van der Waals surface area contributed by atoms with Crippen molar-refractivity contribution in [3.63, 3.8) is 0 Å². The predicted molar refractivity (Wildman–Crippen MR) is 73.1 cm³/mol. The van der Waals surface area contributed by atoms with Gasteiger partial charge in [-0.15, -0.1) is 0 Å². The average Bonchev–Trinajstić information content (AvgIpc) is 2.46. The molecule has 7 heteroatoms. The number of aromatic nitrogens is 1. The van der Waals surface area contributed by atoms with Crippen molar-refractivity contribution in [2.45, 2.75) is 32.2 Å². The molecule has 1 saturated heterocycles. The van der Waals surface area contributed by atoms with E-state index in [-0.39, 0.29) is 23.3 Å². The fourth-order valence-electron chi connectivity index (χ4n) is 2.50. The third-order valence-corrected chi connectivity index (χ3v) is 3.48. The molecule has 1 aromatic rings. The largest absolute Gasteiger partial charge is 0.481 e. The normalized spacial score (nSPS) is 18.7. The van der Waals surface area contributed by atoms with Gasteiger partial charge in [0, 0.05) is 18.7 Å². The fraction of sp³-hybridized carbons (Fsp3) is 0.538. The summed E-state index contributed by atoms with van der Waals surface area (Å²) in [6, 6.07) is 2.48. The van der Waals surface area contributed by atoms with Crippen LogP contribution in [-0.4, -0.2) is 35.4 Å². The van der Waals surface area contributed by atoms with Gasteiger partial charge in [0.05, 0.1) is 18.1 Å². The first-order valence-corrected chi connectivity index (χ1v) is 6.51. The molecule has 0 N–H and O–H groups in total. The Balaban J connectivity index is 2.47. The first kappa shape index (κ1) is 14.2. The van der Waals surface area contributed by atoms with Gasteiger partial charge in [-0.2, -0.15) is 4.98 Å². The van der Waals surface area contributed by atoms with E-state index in [9.17, 15) is 14.9 Å². The predicted octanol–water partition coefficient (Wildman–Crippen LogP) is 1.95. The molecule has 0 bridgehead atoms. The van der Waals surface area contributed by atoms with Gasteiger partial charge >= 0.3 is 5.69 Å². The number of nitrogens with zero attached hydrogens (tertiary/aromatic N) is 3. The number of ether oxygens (including phenoxy) is 1. The summed E-state index contributed by atoms with van der Waals surface area (Å²) in [6.45, 7) is 2.10. The first-order valence-electron chi connectivity index (χ1n) is 6.51. The first-order chi connectivity index (χ1) is 9.54. The highest BCUT2D eigenvalue weighted by Crippen LogP contribution is 2.33. The molecule has 1 aliphatic heterocycles. The maximum atomic E-state index is 11.7. The van der Waals surface area contributed by atoms with E-state index in [1.807, 2.05) is 0 Å². The Bertz CT molecular complexity index is 532. The van der Waals surface area contributed by atoms with Gasteiger partial charge in [-0.05, 0) is 26.2 Å². The van der Waals surface area contributed by atoms with Crippen molar-refractivity contribution in [2.75, 3.05) is 18.6 Å². The van der Waals surface area contributed by atoms with Crippen LogP contribution in [0.4, 0.5) is 11.5 Å². The Hall–Kier alpha value is -2.18. The van der Waals surface area contributed by atoms with Gasteiger partial charge in [-0.25, -0.2) is 0 Å². The zero-order chi connectivity index (χ0) is 14.7. The molecule has 0 spiro atoms. The van der Waals surface area contributed by atoms with E-state index >= 15 is 0 Å². The lowest BCUT2D eigenvalue weighted by Crippen LogP contribution is -2.44. The molecule has 0 saturated carbocycles. The Kier molecular flexibility index (Phi) is 4.16. The number of carbonyl (C=O) groups excluding carboxylic acids is 1. The number of methoxy groups -OCH3 is 1. The quantitative estimate of drug-likeness (QED) is 0.618. The molecule has 1 aliphatic rings. The van der Waals surface area contributed by atoms with Crippen LogP contribution >= 0.6 is 0 Å². The van der Waals surface area contributed by atoms with Crippen LogP contribution in [0.25, 0.3) is 0 Å². The number of pyridine rings is 1. The molecule has 1 fully saturated rings. The van der Waals surface area contributed by atoms with Crippen LogP contribution < -0.4 is 9.64 Å². The Morgan fingerprint density at radius 2 is 2.25 bits per heavy atom. The molecule has 20 heavy (non-hydrogen) atoms. The van der Waals surface area contributed by atoms with Gasteiger partial charge < -0.3 is 9.64 Å². The maximum absolute atomic E-state index is 11.7. The topological polar surface area (TPSA) is 85.6 Å². The maximum Gasteiger partial charge on any atom is 0.311 e. The number of hydrogen-bond acceptors (Lipinski definition) is 6. The minimum atomic E-state index is -0.479. The van der Waals surface area contributed by atoms with Crippen LogP contribution in [-0.2, 0) is 4.79 Å². The Labute approximate surface area is 116 Å². The van der Waals surface area contributed by atoms with Crippen LogP contribution in [0.15, 0.2) is 12.1 Å². The highest BCUT2D eigenvalue weighted by Gasteiger charge is 2.32. The molecule has 0 aliphatic carbocycles. The van der Waals surface area contributed by atoms with Gasteiger partial charge in [0.25, 0.3) is 0 Å². The number of carbonyl (C=O) groups is 1. The van der Waals surface area contributed by atoms with Gasteiger partial charge in [-0.3, -0.25) is 14.9 Å². The lowest BCUT2D eigenvalue weighted by atomic mass is 9.99. The molecule has 108 valence electrons. The van der Waals surface area contributed by atoms with E-state index in [4.69, 9.17) is 4.74 Å². The summed E-state index contributed by atoms with van der Waals surface area (Å²) < 4.78 is 5.03. The van der Waals surface area contributed by atoms with Crippen LogP contribution in [0, 0.1) is 10.1 Å². The molecule has 0 amide bonds. The van der Waals surface area contributed by atoms with Crippen molar-refractivity contribution in [3.8, 4) is 5.88 Å². The lowest BCUT2D eigenvalue weighted by Gasteiger charge is -2.34. The highest BCUT2D eigenvalue weighted by atomic mass is 16.6. The van der Waals surface area contributed by atoms with Crippen LogP contribution in [0.2, 0.25) is 0 Å². The standard InChI is InChI=1S/C13H17N3O4/c1-9(17)10-5-3-4-8-15(10)13-11(16(18)19)6-7-12(14-13)20-2/h6-7,10H,3-5,8H2,1-2H3. The summed E-state index contributed by atoms with van der Waals surface area (Å²) in [7, 11) is 1.45. The second-order valence-electron chi connectivity index (χ2n) is 4.77. The van der Waals surface area contributed by atoms with E-state index in [0.29, 0.717) is 18.8 Å². The summed E-state index contributed by atoms with van der Waals surface area (Å²) in [5, 5.41) is 11.2. The Morgan fingerprint density at radius 1 is 1.50 bits per heavy atom. The number of Topliss-reactive ketones (excluding diaryl/α,β-unsaturated/α-hetero) is 1. The molecule has 0 radical (unpaired) electrons. The van der Waals surface area contributed by atoms with Gasteiger partial charge in [0.2, 0.25) is 11.7 Å². The average molecular weight is 279 g/mol. The molecular formula is C13H17N3O4. The summed E-state index contributed by atoms with van der Waals surface area (Å²) in [5.41, 5.74) is -0.0982. The van der Waals surface area contributed by atoms with Crippen molar-refractivity contribution in [1.82, 2.24) is 4.98 Å². The number of hydrogen-bond donors (Lipinski definition) is 0.